The highest BCUT2D eigenvalue weighted by molar-refractivity contribution is 6.30. The SMILES string of the molecule is Cn1c(-c2cccnc2)nc(Cl)c1CCN. The Balaban J connectivity index is 2.47. The molecule has 84 valence electrons. The summed E-state index contributed by atoms with van der Waals surface area (Å²) in [6, 6.07) is 3.83. The molecule has 0 aliphatic heterocycles. The summed E-state index contributed by atoms with van der Waals surface area (Å²) in [5.41, 5.74) is 7.45. The maximum absolute atomic E-state index is 6.07. The minimum Gasteiger partial charge on any atom is -0.330 e. The molecule has 0 atom stereocenters. The molecule has 2 aromatic rings. The average molecular weight is 237 g/mol. The second-order valence-electron chi connectivity index (χ2n) is 3.51. The highest BCUT2D eigenvalue weighted by Gasteiger charge is 2.13. The van der Waals surface area contributed by atoms with Gasteiger partial charge in [-0.25, -0.2) is 4.98 Å². The molecule has 0 spiro atoms. The van der Waals surface area contributed by atoms with Crippen molar-refractivity contribution in [2.24, 2.45) is 12.8 Å². The van der Waals surface area contributed by atoms with Crippen molar-refractivity contribution in [1.82, 2.24) is 14.5 Å². The van der Waals surface area contributed by atoms with Crippen LogP contribution in [0, 0.1) is 0 Å². The van der Waals surface area contributed by atoms with Crippen molar-refractivity contribution in [3.63, 3.8) is 0 Å². The van der Waals surface area contributed by atoms with Crippen molar-refractivity contribution >= 4 is 11.6 Å². The van der Waals surface area contributed by atoms with E-state index in [4.69, 9.17) is 17.3 Å². The first-order valence-corrected chi connectivity index (χ1v) is 5.43. The fraction of sp³-hybridized carbons (Fsp3) is 0.273. The Labute approximate surface area is 99.1 Å². The van der Waals surface area contributed by atoms with Gasteiger partial charge in [0.15, 0.2) is 5.15 Å². The van der Waals surface area contributed by atoms with Gasteiger partial charge in [-0.1, -0.05) is 11.6 Å². The Morgan fingerprint density at radius 3 is 2.94 bits per heavy atom. The van der Waals surface area contributed by atoms with E-state index in [0.29, 0.717) is 11.7 Å². The number of pyridine rings is 1. The smallest absolute Gasteiger partial charge is 0.151 e. The number of nitrogens with two attached hydrogens (primary N) is 1. The second-order valence-corrected chi connectivity index (χ2v) is 3.87. The Bertz CT molecular complexity index is 478. The Kier molecular flexibility index (Phi) is 3.22. The van der Waals surface area contributed by atoms with Crippen LogP contribution in [0.3, 0.4) is 0 Å². The van der Waals surface area contributed by atoms with Crippen LogP contribution in [0.5, 0.6) is 0 Å². The van der Waals surface area contributed by atoms with Gasteiger partial charge in [0.1, 0.15) is 5.82 Å². The fourth-order valence-corrected chi connectivity index (χ4v) is 1.96. The summed E-state index contributed by atoms with van der Waals surface area (Å²) in [6.45, 7) is 0.561. The van der Waals surface area contributed by atoms with Gasteiger partial charge in [-0.3, -0.25) is 4.98 Å². The van der Waals surface area contributed by atoms with Crippen LogP contribution in [0.1, 0.15) is 5.69 Å². The Morgan fingerprint density at radius 1 is 1.50 bits per heavy atom. The monoisotopic (exact) mass is 236 g/mol. The molecule has 0 aliphatic carbocycles. The van der Waals surface area contributed by atoms with Crippen LogP contribution in [0.2, 0.25) is 5.15 Å². The van der Waals surface area contributed by atoms with E-state index in [2.05, 4.69) is 9.97 Å². The quantitative estimate of drug-likeness (QED) is 0.882. The predicted molar refractivity (Wildman–Crippen MR) is 64.2 cm³/mol. The highest BCUT2D eigenvalue weighted by atomic mass is 35.5. The van der Waals surface area contributed by atoms with Gasteiger partial charge in [0.05, 0.1) is 5.69 Å². The van der Waals surface area contributed by atoms with Crippen LogP contribution in [0.15, 0.2) is 24.5 Å². The Hall–Kier alpha value is -1.39. The van der Waals surface area contributed by atoms with Crippen molar-refractivity contribution in [2.75, 3.05) is 6.54 Å². The van der Waals surface area contributed by atoms with Crippen LogP contribution in [0.4, 0.5) is 0 Å². The maximum atomic E-state index is 6.07. The minimum atomic E-state index is 0.520. The summed E-state index contributed by atoms with van der Waals surface area (Å²) in [5.74, 6) is 0.821. The molecule has 2 aromatic heterocycles. The van der Waals surface area contributed by atoms with Gasteiger partial charge in [0.2, 0.25) is 0 Å². The number of nitrogens with zero attached hydrogens (tertiary/aromatic N) is 3. The molecule has 0 unspecified atom stereocenters. The summed E-state index contributed by atoms with van der Waals surface area (Å²) in [4.78, 5) is 8.40. The first-order valence-electron chi connectivity index (χ1n) is 5.05. The van der Waals surface area contributed by atoms with Crippen LogP contribution in [-0.2, 0) is 13.5 Å². The topological polar surface area (TPSA) is 56.7 Å². The molecule has 2 N–H and O–H groups in total. The minimum absolute atomic E-state index is 0.520. The molecule has 0 saturated heterocycles. The first-order chi connectivity index (χ1) is 7.74. The molecule has 4 nitrogen and oxygen atoms in total. The van der Waals surface area contributed by atoms with Crippen molar-refractivity contribution in [1.29, 1.82) is 0 Å². The lowest BCUT2D eigenvalue weighted by molar-refractivity contribution is 0.811. The van der Waals surface area contributed by atoms with E-state index in [1.165, 1.54) is 0 Å². The third-order valence-corrected chi connectivity index (χ3v) is 2.77. The molecule has 0 amide bonds. The summed E-state index contributed by atoms with van der Waals surface area (Å²) < 4.78 is 1.96. The average Bonchev–Trinajstić information content (AvgIpc) is 2.59. The number of aromatic nitrogens is 3. The van der Waals surface area contributed by atoms with E-state index in [1.54, 1.807) is 12.4 Å². The fourth-order valence-electron chi connectivity index (χ4n) is 1.66. The highest BCUT2D eigenvalue weighted by Crippen LogP contribution is 2.23. The predicted octanol–water partition coefficient (Wildman–Crippen LogP) is 1.64. The van der Waals surface area contributed by atoms with E-state index >= 15 is 0 Å². The van der Waals surface area contributed by atoms with Crippen molar-refractivity contribution < 1.29 is 0 Å². The van der Waals surface area contributed by atoms with E-state index < -0.39 is 0 Å². The molecular formula is C11H13ClN4. The number of halogens is 1. The van der Waals surface area contributed by atoms with Gasteiger partial charge in [-0.2, -0.15) is 0 Å². The molecular weight excluding hydrogens is 224 g/mol. The van der Waals surface area contributed by atoms with Gasteiger partial charge in [-0.15, -0.1) is 0 Å². The molecule has 0 fully saturated rings. The van der Waals surface area contributed by atoms with Crippen LogP contribution in [-0.4, -0.2) is 21.1 Å². The molecule has 16 heavy (non-hydrogen) atoms. The normalized spacial score (nSPS) is 10.7. The standard InChI is InChI=1S/C11H13ClN4/c1-16-9(4-5-13)10(12)15-11(16)8-3-2-6-14-7-8/h2-3,6-7H,4-5,13H2,1H3. The number of hydrogen-bond acceptors (Lipinski definition) is 3. The van der Waals surface area contributed by atoms with E-state index in [1.807, 2.05) is 23.7 Å². The molecule has 0 radical (unpaired) electrons. The number of imidazole rings is 1. The lowest BCUT2D eigenvalue weighted by Gasteiger charge is -2.04. The van der Waals surface area contributed by atoms with E-state index in [9.17, 15) is 0 Å². The van der Waals surface area contributed by atoms with Gasteiger partial charge >= 0.3 is 0 Å². The number of rotatable bonds is 3. The molecule has 0 aliphatic rings. The number of hydrogen-bond donors (Lipinski definition) is 1. The molecule has 2 heterocycles. The zero-order valence-corrected chi connectivity index (χ0v) is 9.78. The second kappa shape index (κ2) is 4.63. The van der Waals surface area contributed by atoms with E-state index in [-0.39, 0.29) is 0 Å². The zero-order valence-electron chi connectivity index (χ0n) is 9.02. The lowest BCUT2D eigenvalue weighted by Crippen LogP contribution is -2.07. The third kappa shape index (κ3) is 1.94. The molecule has 0 saturated carbocycles. The van der Waals surface area contributed by atoms with Gasteiger partial charge in [0.25, 0.3) is 0 Å². The molecule has 2 rings (SSSR count). The van der Waals surface area contributed by atoms with Crippen molar-refractivity contribution in [3.05, 3.63) is 35.4 Å². The lowest BCUT2D eigenvalue weighted by atomic mass is 10.2. The molecule has 0 bridgehead atoms. The Morgan fingerprint density at radius 2 is 2.31 bits per heavy atom. The van der Waals surface area contributed by atoms with E-state index in [0.717, 1.165) is 23.5 Å². The first kappa shape index (κ1) is 11.1. The van der Waals surface area contributed by atoms with Crippen LogP contribution < -0.4 is 5.73 Å². The van der Waals surface area contributed by atoms with Gasteiger partial charge in [-0.05, 0) is 18.7 Å². The molecule has 0 aromatic carbocycles. The van der Waals surface area contributed by atoms with Crippen LogP contribution >= 0.6 is 11.6 Å². The summed E-state index contributed by atoms with van der Waals surface area (Å²) in [7, 11) is 1.94. The van der Waals surface area contributed by atoms with Gasteiger partial charge in [0, 0.05) is 31.4 Å². The largest absolute Gasteiger partial charge is 0.330 e. The maximum Gasteiger partial charge on any atom is 0.151 e. The van der Waals surface area contributed by atoms with Gasteiger partial charge < -0.3 is 10.3 Å². The summed E-state index contributed by atoms with van der Waals surface area (Å²) >= 11 is 6.07. The van der Waals surface area contributed by atoms with Crippen molar-refractivity contribution in [2.45, 2.75) is 6.42 Å². The zero-order chi connectivity index (χ0) is 11.5. The van der Waals surface area contributed by atoms with Crippen LogP contribution in [0.25, 0.3) is 11.4 Å². The summed E-state index contributed by atoms with van der Waals surface area (Å²) in [6.07, 6.45) is 4.22. The van der Waals surface area contributed by atoms with Crippen molar-refractivity contribution in [3.8, 4) is 11.4 Å². The third-order valence-electron chi connectivity index (χ3n) is 2.47. The summed E-state index contributed by atoms with van der Waals surface area (Å²) in [5, 5.41) is 0.520. The molecule has 5 heteroatoms.